The molecule has 0 saturated carbocycles. The number of β-amino-alcohol motifs (C(OH)–C–C–N with tert-alkyl or cyclic N) is 1. The van der Waals surface area contributed by atoms with Gasteiger partial charge >= 0.3 is 0 Å². The molecule has 0 radical (unpaired) electrons. The molecule has 0 aliphatic carbocycles. The Hall–Kier alpha value is -1.50. The average molecular weight is 337 g/mol. The molecular weight excluding hydrogens is 309 g/mol. The lowest BCUT2D eigenvalue weighted by Gasteiger charge is -2.32. The monoisotopic (exact) mass is 337 g/mol. The SMILES string of the molecule is CN(C)CCNC(=O)C1CCN(CC(O)c2ccc(F)cc2)CC1. The summed E-state index contributed by atoms with van der Waals surface area (Å²) in [6.45, 7) is 3.62. The van der Waals surface area contributed by atoms with Gasteiger partial charge in [0, 0.05) is 25.6 Å². The van der Waals surface area contributed by atoms with E-state index in [1.807, 2.05) is 19.0 Å². The van der Waals surface area contributed by atoms with Crippen LogP contribution < -0.4 is 5.32 Å². The van der Waals surface area contributed by atoms with E-state index in [2.05, 4.69) is 10.2 Å². The van der Waals surface area contributed by atoms with Crippen molar-refractivity contribution >= 4 is 5.91 Å². The Labute approximate surface area is 143 Å². The van der Waals surface area contributed by atoms with E-state index in [1.54, 1.807) is 12.1 Å². The third kappa shape index (κ3) is 5.85. The summed E-state index contributed by atoms with van der Waals surface area (Å²) in [4.78, 5) is 16.3. The van der Waals surface area contributed by atoms with Crippen LogP contribution in [0.25, 0.3) is 0 Å². The number of aliphatic hydroxyl groups excluding tert-OH is 1. The minimum absolute atomic E-state index is 0.0615. The molecule has 0 bridgehead atoms. The van der Waals surface area contributed by atoms with Crippen molar-refractivity contribution in [3.05, 3.63) is 35.6 Å². The zero-order valence-corrected chi connectivity index (χ0v) is 14.5. The molecule has 1 unspecified atom stereocenters. The molecule has 1 fully saturated rings. The van der Waals surface area contributed by atoms with Crippen LogP contribution in [0.2, 0.25) is 0 Å². The van der Waals surface area contributed by atoms with Crippen LogP contribution in [0.4, 0.5) is 4.39 Å². The van der Waals surface area contributed by atoms with Gasteiger partial charge in [0.2, 0.25) is 5.91 Å². The maximum Gasteiger partial charge on any atom is 0.223 e. The highest BCUT2D eigenvalue weighted by Crippen LogP contribution is 2.21. The van der Waals surface area contributed by atoms with Gasteiger partial charge in [-0.15, -0.1) is 0 Å². The Balaban J connectivity index is 1.72. The molecule has 0 aromatic heterocycles. The number of amides is 1. The molecule has 1 amide bonds. The Kier molecular flexibility index (Phi) is 7.15. The predicted molar refractivity (Wildman–Crippen MR) is 92.1 cm³/mol. The molecule has 1 atom stereocenters. The Bertz CT molecular complexity index is 514. The van der Waals surface area contributed by atoms with Gasteiger partial charge in [0.1, 0.15) is 5.82 Å². The van der Waals surface area contributed by atoms with Gasteiger partial charge in [0.05, 0.1) is 6.10 Å². The highest BCUT2D eigenvalue weighted by Gasteiger charge is 2.26. The number of piperidine rings is 1. The fourth-order valence-electron chi connectivity index (χ4n) is 2.96. The van der Waals surface area contributed by atoms with Crippen LogP contribution >= 0.6 is 0 Å². The van der Waals surface area contributed by atoms with Gasteiger partial charge in [-0.3, -0.25) is 4.79 Å². The van der Waals surface area contributed by atoms with Crippen LogP contribution in [0.1, 0.15) is 24.5 Å². The standard InChI is InChI=1S/C18H28FN3O2/c1-21(2)12-9-20-18(24)15-7-10-22(11-8-15)13-17(23)14-3-5-16(19)6-4-14/h3-6,15,17,23H,7-13H2,1-2H3,(H,20,24). The minimum Gasteiger partial charge on any atom is -0.387 e. The Morgan fingerprint density at radius 3 is 2.54 bits per heavy atom. The maximum atomic E-state index is 12.9. The second-order valence-electron chi connectivity index (χ2n) is 6.74. The van der Waals surface area contributed by atoms with Gasteiger partial charge in [-0.25, -0.2) is 4.39 Å². The fraction of sp³-hybridized carbons (Fsp3) is 0.611. The second-order valence-corrected chi connectivity index (χ2v) is 6.74. The maximum absolute atomic E-state index is 12.9. The van der Waals surface area contributed by atoms with Crippen molar-refractivity contribution in [3.63, 3.8) is 0 Å². The molecule has 24 heavy (non-hydrogen) atoms. The highest BCUT2D eigenvalue weighted by molar-refractivity contribution is 5.78. The van der Waals surface area contributed by atoms with Crippen LogP contribution in [0.15, 0.2) is 24.3 Å². The summed E-state index contributed by atoms with van der Waals surface area (Å²) in [6, 6.07) is 5.96. The van der Waals surface area contributed by atoms with Crippen molar-refractivity contribution in [1.29, 1.82) is 0 Å². The first-order valence-electron chi connectivity index (χ1n) is 8.54. The topological polar surface area (TPSA) is 55.8 Å². The molecule has 6 heteroatoms. The van der Waals surface area contributed by atoms with Crippen molar-refractivity contribution in [1.82, 2.24) is 15.1 Å². The molecule has 2 rings (SSSR count). The minimum atomic E-state index is -0.629. The third-order valence-electron chi connectivity index (χ3n) is 4.50. The number of nitrogens with zero attached hydrogens (tertiary/aromatic N) is 2. The first-order valence-corrected chi connectivity index (χ1v) is 8.54. The van der Waals surface area contributed by atoms with E-state index in [0.29, 0.717) is 13.1 Å². The summed E-state index contributed by atoms with van der Waals surface area (Å²) < 4.78 is 12.9. The number of likely N-dealkylation sites (N-methyl/N-ethyl adjacent to an activating group) is 1. The molecular formula is C18H28FN3O2. The third-order valence-corrected chi connectivity index (χ3v) is 4.50. The largest absolute Gasteiger partial charge is 0.387 e. The lowest BCUT2D eigenvalue weighted by Crippen LogP contribution is -2.43. The summed E-state index contributed by atoms with van der Waals surface area (Å²) >= 11 is 0. The van der Waals surface area contributed by atoms with E-state index in [1.165, 1.54) is 12.1 Å². The van der Waals surface area contributed by atoms with Gasteiger partial charge in [-0.2, -0.15) is 0 Å². The molecule has 134 valence electrons. The summed E-state index contributed by atoms with van der Waals surface area (Å²) in [5.74, 6) is -0.103. The number of benzene rings is 1. The lowest BCUT2D eigenvalue weighted by atomic mass is 9.95. The molecule has 1 saturated heterocycles. The van der Waals surface area contributed by atoms with Crippen molar-refractivity contribution in [3.8, 4) is 0 Å². The van der Waals surface area contributed by atoms with Crippen LogP contribution in [-0.2, 0) is 4.79 Å². The number of nitrogens with one attached hydrogen (secondary N) is 1. The van der Waals surface area contributed by atoms with Crippen molar-refractivity contribution in [2.24, 2.45) is 5.92 Å². The lowest BCUT2D eigenvalue weighted by molar-refractivity contribution is -0.126. The van der Waals surface area contributed by atoms with Crippen molar-refractivity contribution in [2.75, 3.05) is 46.8 Å². The fourth-order valence-corrected chi connectivity index (χ4v) is 2.96. The molecule has 0 spiro atoms. The smallest absolute Gasteiger partial charge is 0.223 e. The van der Waals surface area contributed by atoms with Crippen LogP contribution in [0.3, 0.4) is 0 Å². The summed E-state index contributed by atoms with van der Waals surface area (Å²) in [5, 5.41) is 13.2. The molecule has 1 aliphatic heterocycles. The molecule has 1 aromatic rings. The number of likely N-dealkylation sites (tertiary alicyclic amines) is 1. The van der Waals surface area contributed by atoms with E-state index in [4.69, 9.17) is 0 Å². The van der Waals surface area contributed by atoms with E-state index in [0.717, 1.165) is 38.0 Å². The first kappa shape index (κ1) is 18.8. The zero-order valence-electron chi connectivity index (χ0n) is 14.5. The number of carbonyl (C=O) groups is 1. The summed E-state index contributed by atoms with van der Waals surface area (Å²) in [6.07, 6.45) is 0.990. The number of aliphatic hydroxyl groups is 1. The van der Waals surface area contributed by atoms with Crippen molar-refractivity contribution in [2.45, 2.75) is 18.9 Å². The normalized spacial score (nSPS) is 17.9. The van der Waals surface area contributed by atoms with Gasteiger partial charge in [0.25, 0.3) is 0 Å². The Morgan fingerprint density at radius 1 is 1.33 bits per heavy atom. The van der Waals surface area contributed by atoms with Gasteiger partial charge in [-0.05, 0) is 57.7 Å². The second kappa shape index (κ2) is 9.11. The predicted octanol–water partition coefficient (Wildman–Crippen LogP) is 1.25. The van der Waals surface area contributed by atoms with Gasteiger partial charge < -0.3 is 20.2 Å². The molecule has 5 nitrogen and oxygen atoms in total. The number of carbonyl (C=O) groups excluding carboxylic acids is 1. The number of hydrogen-bond acceptors (Lipinski definition) is 4. The number of halogens is 1. The van der Waals surface area contributed by atoms with E-state index >= 15 is 0 Å². The van der Waals surface area contributed by atoms with Crippen molar-refractivity contribution < 1.29 is 14.3 Å². The van der Waals surface area contributed by atoms with Crippen LogP contribution in [0.5, 0.6) is 0 Å². The van der Waals surface area contributed by atoms with Gasteiger partial charge in [0.15, 0.2) is 0 Å². The zero-order chi connectivity index (χ0) is 17.5. The number of rotatable bonds is 7. The molecule has 1 aromatic carbocycles. The van der Waals surface area contributed by atoms with Crippen LogP contribution in [0, 0.1) is 11.7 Å². The molecule has 1 aliphatic rings. The summed E-state index contributed by atoms with van der Waals surface area (Å²) in [7, 11) is 3.97. The Morgan fingerprint density at radius 2 is 1.96 bits per heavy atom. The van der Waals surface area contributed by atoms with E-state index in [-0.39, 0.29) is 17.6 Å². The van der Waals surface area contributed by atoms with Crippen LogP contribution in [-0.4, -0.2) is 67.6 Å². The van der Waals surface area contributed by atoms with E-state index < -0.39 is 6.10 Å². The van der Waals surface area contributed by atoms with Gasteiger partial charge in [-0.1, -0.05) is 12.1 Å². The quantitative estimate of drug-likeness (QED) is 0.786. The average Bonchev–Trinajstić information content (AvgIpc) is 2.55. The highest BCUT2D eigenvalue weighted by atomic mass is 19.1. The molecule has 1 heterocycles. The van der Waals surface area contributed by atoms with E-state index in [9.17, 15) is 14.3 Å². The molecule has 2 N–H and O–H groups in total. The summed E-state index contributed by atoms with van der Waals surface area (Å²) in [5.41, 5.74) is 0.722. The number of hydrogen-bond donors (Lipinski definition) is 2. The first-order chi connectivity index (χ1) is 11.5.